The van der Waals surface area contributed by atoms with Crippen molar-refractivity contribution in [2.75, 3.05) is 31.1 Å². The lowest BCUT2D eigenvalue weighted by molar-refractivity contribution is 0.0595. The number of carbonyl (C=O) groups excluding carboxylic acids is 2. The molecule has 2 aliphatic heterocycles. The van der Waals surface area contributed by atoms with E-state index < -0.39 is 0 Å². The van der Waals surface area contributed by atoms with Gasteiger partial charge in [0.1, 0.15) is 5.01 Å². The smallest absolute Gasteiger partial charge is 0.264 e. The van der Waals surface area contributed by atoms with E-state index in [0.717, 1.165) is 43.4 Å². The topological polar surface area (TPSA) is 56.8 Å². The summed E-state index contributed by atoms with van der Waals surface area (Å²) in [6.07, 6.45) is 1.70. The molecule has 5 rings (SSSR count). The van der Waals surface area contributed by atoms with E-state index in [1.807, 2.05) is 24.4 Å². The first-order chi connectivity index (χ1) is 15.5. The number of nitrogens with zero attached hydrogens (tertiary/aromatic N) is 4. The standard InChI is InChI=1S/C25H26N4O2S/c1-17-6-3-4-7-19(17)16-27-11-13-28(14-12-27)21-9-5-8-20-22(21)25(31)29(24(20)30)18(2)23-26-10-15-32-23/h3-10,15,18H,11-14,16H2,1-2H3. The number of carbonyl (C=O) groups is 2. The van der Waals surface area contributed by atoms with Gasteiger partial charge >= 0.3 is 0 Å². The molecule has 0 radical (unpaired) electrons. The summed E-state index contributed by atoms with van der Waals surface area (Å²) in [7, 11) is 0. The Morgan fingerprint density at radius 1 is 1.00 bits per heavy atom. The normalized spacial score (nSPS) is 17.7. The monoisotopic (exact) mass is 446 g/mol. The number of benzene rings is 2. The summed E-state index contributed by atoms with van der Waals surface area (Å²) in [6, 6.07) is 13.8. The maximum Gasteiger partial charge on any atom is 0.264 e. The molecule has 1 fully saturated rings. The summed E-state index contributed by atoms with van der Waals surface area (Å²) < 4.78 is 0. The van der Waals surface area contributed by atoms with E-state index in [1.54, 1.807) is 12.3 Å². The van der Waals surface area contributed by atoms with Crippen LogP contribution in [0.3, 0.4) is 0 Å². The molecule has 0 N–H and O–H groups in total. The molecule has 3 aromatic rings. The van der Waals surface area contributed by atoms with Crippen molar-refractivity contribution in [1.82, 2.24) is 14.8 Å². The van der Waals surface area contributed by atoms with Gasteiger partial charge in [-0.2, -0.15) is 0 Å². The van der Waals surface area contributed by atoms with E-state index >= 15 is 0 Å². The van der Waals surface area contributed by atoms with E-state index in [1.165, 1.54) is 27.4 Å². The Morgan fingerprint density at radius 3 is 2.50 bits per heavy atom. The maximum absolute atomic E-state index is 13.4. The molecule has 1 atom stereocenters. The van der Waals surface area contributed by atoms with Crippen LogP contribution in [0.2, 0.25) is 0 Å². The summed E-state index contributed by atoms with van der Waals surface area (Å²) in [5.74, 6) is -0.446. The van der Waals surface area contributed by atoms with Crippen LogP contribution in [0.15, 0.2) is 54.0 Å². The number of hydrogen-bond donors (Lipinski definition) is 0. The molecular formula is C25H26N4O2S. The lowest BCUT2D eigenvalue weighted by atomic mass is 10.1. The zero-order valence-electron chi connectivity index (χ0n) is 18.3. The van der Waals surface area contributed by atoms with Crippen LogP contribution in [0.4, 0.5) is 5.69 Å². The van der Waals surface area contributed by atoms with Crippen LogP contribution >= 0.6 is 11.3 Å². The minimum absolute atomic E-state index is 0.217. The number of amides is 2. The van der Waals surface area contributed by atoms with Gasteiger partial charge in [-0.25, -0.2) is 4.98 Å². The molecule has 3 heterocycles. The molecule has 1 unspecified atom stereocenters. The van der Waals surface area contributed by atoms with Gasteiger partial charge in [0.25, 0.3) is 11.8 Å². The molecule has 32 heavy (non-hydrogen) atoms. The summed E-state index contributed by atoms with van der Waals surface area (Å²) in [6.45, 7) is 8.44. The fraction of sp³-hybridized carbons (Fsp3) is 0.320. The number of anilines is 1. The van der Waals surface area contributed by atoms with Crippen molar-refractivity contribution in [3.63, 3.8) is 0 Å². The van der Waals surface area contributed by atoms with Crippen LogP contribution in [-0.4, -0.2) is 52.8 Å². The second-order valence-electron chi connectivity index (χ2n) is 8.42. The Labute approximate surface area is 192 Å². The second-order valence-corrected chi connectivity index (χ2v) is 9.34. The Balaban J connectivity index is 1.34. The van der Waals surface area contributed by atoms with Crippen molar-refractivity contribution < 1.29 is 9.59 Å². The van der Waals surface area contributed by atoms with Gasteiger partial charge < -0.3 is 4.90 Å². The second kappa shape index (κ2) is 8.48. The number of aryl methyl sites for hydroxylation is 1. The zero-order valence-corrected chi connectivity index (χ0v) is 19.1. The molecule has 6 nitrogen and oxygen atoms in total. The third-order valence-corrected chi connectivity index (χ3v) is 7.43. The minimum atomic E-state index is -0.374. The van der Waals surface area contributed by atoms with E-state index in [2.05, 4.69) is 46.0 Å². The average Bonchev–Trinajstić information content (AvgIpc) is 3.43. The van der Waals surface area contributed by atoms with Crippen LogP contribution in [0.25, 0.3) is 0 Å². The Kier molecular flexibility index (Phi) is 5.53. The molecule has 2 aliphatic rings. The summed E-state index contributed by atoms with van der Waals surface area (Å²) >= 11 is 1.46. The first-order valence-electron chi connectivity index (χ1n) is 11.0. The van der Waals surface area contributed by atoms with E-state index in [0.29, 0.717) is 11.1 Å². The van der Waals surface area contributed by atoms with Crippen LogP contribution in [-0.2, 0) is 6.54 Å². The van der Waals surface area contributed by atoms with E-state index in [9.17, 15) is 9.59 Å². The number of hydrogen-bond acceptors (Lipinski definition) is 6. The molecule has 0 spiro atoms. The predicted molar refractivity (Wildman–Crippen MR) is 126 cm³/mol. The number of aromatic nitrogens is 1. The molecule has 0 saturated carbocycles. The van der Waals surface area contributed by atoms with Crippen LogP contribution in [0.5, 0.6) is 0 Å². The molecular weight excluding hydrogens is 420 g/mol. The lowest BCUT2D eigenvalue weighted by Crippen LogP contribution is -2.46. The van der Waals surface area contributed by atoms with E-state index in [-0.39, 0.29) is 17.9 Å². The quantitative estimate of drug-likeness (QED) is 0.552. The molecule has 7 heteroatoms. The Hall–Kier alpha value is -3.03. The maximum atomic E-state index is 13.4. The van der Waals surface area contributed by atoms with Gasteiger partial charge in [-0.05, 0) is 37.1 Å². The molecule has 0 aliphatic carbocycles. The minimum Gasteiger partial charge on any atom is -0.368 e. The number of thiazole rings is 1. The highest BCUT2D eigenvalue weighted by Crippen LogP contribution is 2.37. The fourth-order valence-electron chi connectivity index (χ4n) is 4.63. The molecule has 164 valence electrons. The summed E-state index contributed by atoms with van der Waals surface area (Å²) in [5, 5.41) is 2.64. The molecule has 0 bridgehead atoms. The largest absolute Gasteiger partial charge is 0.368 e. The molecule has 1 aromatic heterocycles. The summed E-state index contributed by atoms with van der Waals surface area (Å²) in [5.41, 5.74) is 4.57. The van der Waals surface area contributed by atoms with Gasteiger partial charge in [-0.1, -0.05) is 30.3 Å². The number of rotatable bonds is 5. The molecule has 2 amide bonds. The van der Waals surface area contributed by atoms with Crippen molar-refractivity contribution in [3.05, 3.63) is 81.3 Å². The third-order valence-electron chi connectivity index (χ3n) is 6.49. The van der Waals surface area contributed by atoms with E-state index in [4.69, 9.17) is 0 Å². The van der Waals surface area contributed by atoms with Gasteiger partial charge in [-0.15, -0.1) is 11.3 Å². The predicted octanol–water partition coefficient (Wildman–Crippen LogP) is 4.13. The first-order valence-corrected chi connectivity index (χ1v) is 11.8. The molecule has 1 saturated heterocycles. The van der Waals surface area contributed by atoms with Crippen LogP contribution < -0.4 is 4.90 Å². The van der Waals surface area contributed by atoms with Gasteiger partial charge in [0, 0.05) is 44.3 Å². The fourth-order valence-corrected chi connectivity index (χ4v) is 5.31. The highest BCUT2D eigenvalue weighted by molar-refractivity contribution is 7.09. The Morgan fingerprint density at radius 2 is 1.78 bits per heavy atom. The van der Waals surface area contributed by atoms with Crippen molar-refractivity contribution in [2.45, 2.75) is 26.4 Å². The van der Waals surface area contributed by atoms with Gasteiger partial charge in [0.05, 0.1) is 22.9 Å². The van der Waals surface area contributed by atoms with Gasteiger partial charge in [0.2, 0.25) is 0 Å². The number of fused-ring (bicyclic) bond motifs is 1. The SMILES string of the molecule is Cc1ccccc1CN1CCN(c2cccc3c2C(=O)N(C(C)c2nccs2)C3=O)CC1. The zero-order chi connectivity index (χ0) is 22.2. The average molecular weight is 447 g/mol. The van der Waals surface area contributed by atoms with Crippen molar-refractivity contribution in [2.24, 2.45) is 0 Å². The lowest BCUT2D eigenvalue weighted by Gasteiger charge is -2.37. The highest BCUT2D eigenvalue weighted by Gasteiger charge is 2.42. The Bertz CT molecular complexity index is 1150. The first kappa shape index (κ1) is 20.8. The molecule has 2 aromatic carbocycles. The van der Waals surface area contributed by atoms with Crippen molar-refractivity contribution in [3.8, 4) is 0 Å². The van der Waals surface area contributed by atoms with Crippen molar-refractivity contribution in [1.29, 1.82) is 0 Å². The van der Waals surface area contributed by atoms with Crippen LogP contribution in [0.1, 0.15) is 49.8 Å². The summed E-state index contributed by atoms with van der Waals surface area (Å²) in [4.78, 5) is 36.9. The van der Waals surface area contributed by atoms with Crippen molar-refractivity contribution >= 4 is 28.8 Å². The highest BCUT2D eigenvalue weighted by atomic mass is 32.1. The van der Waals surface area contributed by atoms with Gasteiger partial charge in [-0.3, -0.25) is 19.4 Å². The van der Waals surface area contributed by atoms with Gasteiger partial charge in [0.15, 0.2) is 0 Å². The number of imide groups is 1. The number of piperazine rings is 1. The van der Waals surface area contributed by atoms with Crippen LogP contribution in [0, 0.1) is 6.92 Å². The third kappa shape index (κ3) is 3.61.